The minimum atomic E-state index is -0.717. The minimum Gasteiger partial charge on any atom is -0.337 e. The van der Waals surface area contributed by atoms with Crippen LogP contribution in [0.2, 0.25) is 0 Å². The average molecular weight is 292 g/mol. The Morgan fingerprint density at radius 1 is 1.35 bits per heavy atom. The van der Waals surface area contributed by atoms with Gasteiger partial charge in [-0.15, -0.1) is 11.8 Å². The second-order valence-corrected chi connectivity index (χ2v) is 6.04. The second kappa shape index (κ2) is 6.76. The molecular formula is C15H17FN2OS. The lowest BCUT2D eigenvalue weighted by Gasteiger charge is -2.31. The number of nitriles is 1. The summed E-state index contributed by atoms with van der Waals surface area (Å²) in [5.74, 6) is -0.399. The Bertz CT molecular complexity index is 521. The van der Waals surface area contributed by atoms with Crippen LogP contribution in [0.1, 0.15) is 32.1 Å². The number of carbonyl (C=O) groups excluding carboxylic acids is 1. The van der Waals surface area contributed by atoms with Crippen molar-refractivity contribution in [3.8, 4) is 6.07 Å². The molecule has 0 heterocycles. The Morgan fingerprint density at radius 2 is 2.05 bits per heavy atom. The Labute approximate surface area is 122 Å². The molecule has 0 spiro atoms. The molecule has 1 aliphatic rings. The zero-order valence-corrected chi connectivity index (χ0v) is 12.0. The zero-order valence-electron chi connectivity index (χ0n) is 11.2. The van der Waals surface area contributed by atoms with Gasteiger partial charge in [0, 0.05) is 4.90 Å². The molecule has 20 heavy (non-hydrogen) atoms. The van der Waals surface area contributed by atoms with Gasteiger partial charge in [-0.3, -0.25) is 4.79 Å². The molecule has 0 radical (unpaired) electrons. The molecule has 0 unspecified atom stereocenters. The van der Waals surface area contributed by atoms with Gasteiger partial charge in [0.2, 0.25) is 5.91 Å². The van der Waals surface area contributed by atoms with Crippen LogP contribution >= 0.6 is 11.8 Å². The lowest BCUT2D eigenvalue weighted by Crippen LogP contribution is -2.49. The number of hydrogen-bond donors (Lipinski definition) is 1. The van der Waals surface area contributed by atoms with Crippen molar-refractivity contribution in [2.45, 2.75) is 42.5 Å². The summed E-state index contributed by atoms with van der Waals surface area (Å²) in [6.07, 6.45) is 4.46. The Hall–Kier alpha value is -1.54. The summed E-state index contributed by atoms with van der Waals surface area (Å²) in [5.41, 5.74) is -0.717. The molecule has 1 amide bonds. The lowest BCUT2D eigenvalue weighted by molar-refractivity contribution is -0.120. The zero-order chi connectivity index (χ0) is 14.4. The summed E-state index contributed by atoms with van der Waals surface area (Å²) < 4.78 is 13.4. The average Bonchev–Trinajstić information content (AvgIpc) is 2.47. The van der Waals surface area contributed by atoms with Crippen molar-refractivity contribution in [2.75, 3.05) is 5.75 Å². The van der Waals surface area contributed by atoms with Gasteiger partial charge in [-0.05, 0) is 25.0 Å². The van der Waals surface area contributed by atoms with Crippen LogP contribution in [0.15, 0.2) is 29.2 Å². The maximum absolute atomic E-state index is 13.4. The molecule has 1 fully saturated rings. The van der Waals surface area contributed by atoms with Gasteiger partial charge in [0.15, 0.2) is 0 Å². The fourth-order valence-electron chi connectivity index (χ4n) is 2.43. The molecule has 0 atom stereocenters. The number of nitrogens with one attached hydrogen (secondary N) is 1. The maximum Gasteiger partial charge on any atom is 0.231 e. The van der Waals surface area contributed by atoms with Crippen LogP contribution in [-0.4, -0.2) is 17.2 Å². The van der Waals surface area contributed by atoms with Crippen molar-refractivity contribution in [3.05, 3.63) is 30.1 Å². The molecule has 0 saturated heterocycles. The van der Waals surface area contributed by atoms with E-state index in [0.717, 1.165) is 31.0 Å². The van der Waals surface area contributed by atoms with Gasteiger partial charge in [-0.25, -0.2) is 4.39 Å². The monoisotopic (exact) mass is 292 g/mol. The molecule has 1 aliphatic carbocycles. The van der Waals surface area contributed by atoms with Gasteiger partial charge in [-0.2, -0.15) is 5.26 Å². The summed E-state index contributed by atoms with van der Waals surface area (Å²) >= 11 is 1.16. The predicted octanol–water partition coefficient (Wildman–Crippen LogP) is 3.26. The van der Waals surface area contributed by atoms with E-state index in [1.165, 1.54) is 6.07 Å². The van der Waals surface area contributed by atoms with Crippen LogP contribution in [0.3, 0.4) is 0 Å². The van der Waals surface area contributed by atoms with E-state index in [0.29, 0.717) is 17.7 Å². The van der Waals surface area contributed by atoms with Crippen LogP contribution in [0, 0.1) is 17.1 Å². The summed E-state index contributed by atoms with van der Waals surface area (Å²) in [6.45, 7) is 0. The smallest absolute Gasteiger partial charge is 0.231 e. The van der Waals surface area contributed by atoms with Gasteiger partial charge in [0.1, 0.15) is 11.4 Å². The highest BCUT2D eigenvalue weighted by atomic mass is 32.2. The first-order chi connectivity index (χ1) is 9.65. The molecule has 1 N–H and O–H groups in total. The fourth-order valence-corrected chi connectivity index (χ4v) is 3.17. The molecule has 0 bridgehead atoms. The normalized spacial score (nSPS) is 17.2. The quantitative estimate of drug-likeness (QED) is 0.867. The number of benzene rings is 1. The summed E-state index contributed by atoms with van der Waals surface area (Å²) in [6, 6.07) is 8.62. The van der Waals surface area contributed by atoms with E-state index in [4.69, 9.17) is 0 Å². The number of halogens is 1. The molecular weight excluding hydrogens is 275 g/mol. The Kier molecular flexibility index (Phi) is 5.02. The highest BCUT2D eigenvalue weighted by Crippen LogP contribution is 2.28. The van der Waals surface area contributed by atoms with Gasteiger partial charge in [0.05, 0.1) is 11.8 Å². The third-order valence-corrected chi connectivity index (χ3v) is 4.54. The van der Waals surface area contributed by atoms with Gasteiger partial charge < -0.3 is 5.32 Å². The number of nitrogens with zero attached hydrogens (tertiary/aromatic N) is 1. The summed E-state index contributed by atoms with van der Waals surface area (Å²) in [5, 5.41) is 12.1. The molecule has 106 valence electrons. The van der Waals surface area contributed by atoms with Crippen molar-refractivity contribution in [1.82, 2.24) is 5.32 Å². The Balaban J connectivity index is 1.89. The standard InChI is InChI=1S/C15H17FN2OS/c16-12-6-2-3-7-13(12)20-10-14(19)18-15(11-17)8-4-1-5-9-15/h2-3,6-7H,1,4-5,8-10H2,(H,18,19). The lowest BCUT2D eigenvalue weighted by atomic mass is 9.83. The Morgan fingerprint density at radius 3 is 2.70 bits per heavy atom. The highest BCUT2D eigenvalue weighted by Gasteiger charge is 2.33. The van der Waals surface area contributed by atoms with Crippen molar-refractivity contribution in [3.63, 3.8) is 0 Å². The first-order valence-corrected chi connectivity index (χ1v) is 7.73. The van der Waals surface area contributed by atoms with E-state index in [1.54, 1.807) is 18.2 Å². The molecule has 0 aromatic heterocycles. The predicted molar refractivity (Wildman–Crippen MR) is 76.7 cm³/mol. The number of thioether (sulfide) groups is 1. The van der Waals surface area contributed by atoms with Crippen LogP contribution in [0.4, 0.5) is 4.39 Å². The first kappa shape index (κ1) is 14.9. The van der Waals surface area contributed by atoms with E-state index < -0.39 is 5.54 Å². The largest absolute Gasteiger partial charge is 0.337 e. The van der Waals surface area contributed by atoms with Crippen LogP contribution in [-0.2, 0) is 4.79 Å². The van der Waals surface area contributed by atoms with Crippen molar-refractivity contribution < 1.29 is 9.18 Å². The first-order valence-electron chi connectivity index (χ1n) is 6.75. The van der Waals surface area contributed by atoms with E-state index in [9.17, 15) is 14.4 Å². The fraction of sp³-hybridized carbons (Fsp3) is 0.467. The number of rotatable bonds is 4. The van der Waals surface area contributed by atoms with E-state index in [1.807, 2.05) is 0 Å². The van der Waals surface area contributed by atoms with Crippen molar-refractivity contribution in [2.24, 2.45) is 0 Å². The van der Waals surface area contributed by atoms with Crippen LogP contribution in [0.5, 0.6) is 0 Å². The molecule has 1 aromatic carbocycles. The van der Waals surface area contributed by atoms with E-state index in [2.05, 4.69) is 11.4 Å². The summed E-state index contributed by atoms with van der Waals surface area (Å²) in [7, 11) is 0. The van der Waals surface area contributed by atoms with Gasteiger partial charge in [0.25, 0.3) is 0 Å². The van der Waals surface area contributed by atoms with Gasteiger partial charge in [-0.1, -0.05) is 31.4 Å². The number of carbonyl (C=O) groups is 1. The third kappa shape index (κ3) is 3.73. The topological polar surface area (TPSA) is 52.9 Å². The molecule has 0 aliphatic heterocycles. The highest BCUT2D eigenvalue weighted by molar-refractivity contribution is 8.00. The minimum absolute atomic E-state index is 0.129. The van der Waals surface area contributed by atoms with Gasteiger partial charge >= 0.3 is 0 Å². The van der Waals surface area contributed by atoms with Crippen LogP contribution in [0.25, 0.3) is 0 Å². The third-order valence-electron chi connectivity index (χ3n) is 3.50. The number of hydrogen-bond acceptors (Lipinski definition) is 3. The van der Waals surface area contributed by atoms with Crippen LogP contribution < -0.4 is 5.32 Å². The molecule has 5 heteroatoms. The second-order valence-electron chi connectivity index (χ2n) is 5.02. The maximum atomic E-state index is 13.4. The number of amides is 1. The van der Waals surface area contributed by atoms with Crippen molar-refractivity contribution in [1.29, 1.82) is 5.26 Å². The SMILES string of the molecule is N#CC1(NC(=O)CSc2ccccc2F)CCCCC1. The van der Waals surface area contributed by atoms with E-state index in [-0.39, 0.29) is 17.5 Å². The molecule has 1 saturated carbocycles. The van der Waals surface area contributed by atoms with Crippen molar-refractivity contribution >= 4 is 17.7 Å². The van der Waals surface area contributed by atoms with E-state index >= 15 is 0 Å². The molecule has 2 rings (SSSR count). The molecule has 1 aromatic rings. The molecule has 3 nitrogen and oxygen atoms in total. The summed E-state index contributed by atoms with van der Waals surface area (Å²) in [4.78, 5) is 12.4.